The zero-order valence-corrected chi connectivity index (χ0v) is 10.7. The SMILES string of the molecule is O=C(CCl)O[C@H](CCc1ccccc1)C(F)=C(F)F. The fourth-order valence-electron chi connectivity index (χ4n) is 1.49. The molecule has 0 amide bonds. The third kappa shape index (κ3) is 5.34. The second-order valence-corrected chi connectivity index (χ2v) is 4.01. The summed E-state index contributed by atoms with van der Waals surface area (Å²) in [5, 5.41) is 0. The third-order valence-corrected chi connectivity index (χ3v) is 2.60. The smallest absolute Gasteiger partial charge is 0.321 e. The quantitative estimate of drug-likeness (QED) is 0.588. The molecular weight excluding hydrogens is 281 g/mol. The van der Waals surface area contributed by atoms with Gasteiger partial charge in [0.1, 0.15) is 5.88 Å². The highest BCUT2D eigenvalue weighted by molar-refractivity contribution is 6.26. The van der Waals surface area contributed by atoms with Gasteiger partial charge in [0.05, 0.1) is 0 Å². The van der Waals surface area contributed by atoms with Gasteiger partial charge in [-0.3, -0.25) is 4.79 Å². The molecule has 19 heavy (non-hydrogen) atoms. The molecule has 0 unspecified atom stereocenters. The number of halogens is 4. The van der Waals surface area contributed by atoms with Gasteiger partial charge in [0.25, 0.3) is 0 Å². The molecule has 0 N–H and O–H groups in total. The number of hydrogen-bond donors (Lipinski definition) is 0. The zero-order valence-electron chi connectivity index (χ0n) is 9.91. The first-order valence-corrected chi connectivity index (χ1v) is 6.08. The van der Waals surface area contributed by atoms with Crippen LogP contribution in [0.15, 0.2) is 42.2 Å². The van der Waals surface area contributed by atoms with Crippen LogP contribution in [0.1, 0.15) is 12.0 Å². The summed E-state index contributed by atoms with van der Waals surface area (Å²) in [5.41, 5.74) is 0.835. The Hall–Kier alpha value is -1.49. The minimum Gasteiger partial charge on any atom is -0.454 e. The molecule has 0 spiro atoms. The first kappa shape index (κ1) is 15.6. The van der Waals surface area contributed by atoms with Crippen LogP contribution in [-0.2, 0) is 16.0 Å². The van der Waals surface area contributed by atoms with Crippen LogP contribution in [0, 0.1) is 0 Å². The number of aryl methyl sites for hydroxylation is 1. The minimum atomic E-state index is -2.49. The highest BCUT2D eigenvalue weighted by Crippen LogP contribution is 2.21. The van der Waals surface area contributed by atoms with E-state index in [1.54, 1.807) is 30.3 Å². The average molecular weight is 293 g/mol. The molecule has 0 fully saturated rings. The van der Waals surface area contributed by atoms with Crippen LogP contribution in [0.3, 0.4) is 0 Å². The Morgan fingerprint density at radius 2 is 1.84 bits per heavy atom. The fraction of sp³-hybridized carbons (Fsp3) is 0.308. The maximum atomic E-state index is 13.2. The van der Waals surface area contributed by atoms with Crippen LogP contribution >= 0.6 is 11.6 Å². The topological polar surface area (TPSA) is 26.3 Å². The van der Waals surface area contributed by atoms with Crippen molar-refractivity contribution in [2.45, 2.75) is 18.9 Å². The molecule has 1 aromatic rings. The van der Waals surface area contributed by atoms with Gasteiger partial charge in [0.15, 0.2) is 6.10 Å². The van der Waals surface area contributed by atoms with Gasteiger partial charge in [-0.15, -0.1) is 11.6 Å². The molecule has 1 rings (SSSR count). The van der Waals surface area contributed by atoms with E-state index in [0.29, 0.717) is 6.42 Å². The molecular formula is C13H12ClF3O2. The van der Waals surface area contributed by atoms with Gasteiger partial charge in [-0.05, 0) is 18.4 Å². The Labute approximate surface area is 113 Å². The van der Waals surface area contributed by atoms with Crippen molar-refractivity contribution in [1.82, 2.24) is 0 Å². The molecule has 0 aliphatic heterocycles. The van der Waals surface area contributed by atoms with E-state index in [9.17, 15) is 18.0 Å². The maximum absolute atomic E-state index is 13.2. The molecule has 1 aromatic carbocycles. The van der Waals surface area contributed by atoms with Crippen molar-refractivity contribution >= 4 is 17.6 Å². The van der Waals surface area contributed by atoms with Crippen LogP contribution in [-0.4, -0.2) is 18.0 Å². The summed E-state index contributed by atoms with van der Waals surface area (Å²) < 4.78 is 42.2. The Balaban J connectivity index is 2.69. The number of alkyl halides is 1. The van der Waals surface area contributed by atoms with E-state index in [4.69, 9.17) is 11.6 Å². The third-order valence-electron chi connectivity index (χ3n) is 2.38. The van der Waals surface area contributed by atoms with E-state index in [-0.39, 0.29) is 6.42 Å². The molecule has 0 saturated heterocycles. The Kier molecular flexibility index (Phi) is 6.42. The predicted octanol–water partition coefficient (Wildman–Crippen LogP) is 3.85. The summed E-state index contributed by atoms with van der Waals surface area (Å²) in [6, 6.07) is 8.89. The molecule has 0 bridgehead atoms. The standard InChI is InChI=1S/C13H12ClF3O2/c14-8-11(18)19-10(12(15)13(16)17)7-6-9-4-2-1-3-5-9/h1-5,10H,6-8H2/t10-/m1/s1. The fourth-order valence-corrected chi connectivity index (χ4v) is 1.55. The molecule has 0 aliphatic rings. The summed E-state index contributed by atoms with van der Waals surface area (Å²) in [6.45, 7) is 0. The van der Waals surface area contributed by atoms with E-state index in [1.165, 1.54) is 0 Å². The number of carbonyl (C=O) groups is 1. The molecule has 0 aliphatic carbocycles. The van der Waals surface area contributed by atoms with E-state index in [1.807, 2.05) is 0 Å². The minimum absolute atomic E-state index is 0.0736. The van der Waals surface area contributed by atoms with Crippen molar-refractivity contribution < 1.29 is 22.7 Å². The summed E-state index contributed by atoms with van der Waals surface area (Å²) in [6.07, 6.45) is -3.85. The average Bonchev–Trinajstić information content (AvgIpc) is 2.43. The number of ether oxygens (including phenoxy) is 1. The summed E-state index contributed by atoms with van der Waals surface area (Å²) in [7, 11) is 0. The predicted molar refractivity (Wildman–Crippen MR) is 65.7 cm³/mol. The number of rotatable bonds is 6. The van der Waals surface area contributed by atoms with Gasteiger partial charge in [0.2, 0.25) is 5.83 Å². The van der Waals surface area contributed by atoms with E-state index in [0.717, 1.165) is 5.56 Å². The lowest BCUT2D eigenvalue weighted by Crippen LogP contribution is -2.21. The van der Waals surface area contributed by atoms with Crippen LogP contribution in [0.4, 0.5) is 13.2 Å². The lowest BCUT2D eigenvalue weighted by molar-refractivity contribution is -0.145. The molecule has 104 valence electrons. The van der Waals surface area contributed by atoms with Crippen molar-refractivity contribution in [3.8, 4) is 0 Å². The summed E-state index contributed by atoms with van der Waals surface area (Å²) in [4.78, 5) is 11.0. The molecule has 0 aromatic heterocycles. The number of benzene rings is 1. The highest BCUT2D eigenvalue weighted by atomic mass is 35.5. The normalized spacial score (nSPS) is 11.8. The van der Waals surface area contributed by atoms with Gasteiger partial charge >= 0.3 is 12.0 Å². The second kappa shape index (κ2) is 7.84. The molecule has 2 nitrogen and oxygen atoms in total. The molecule has 1 atom stereocenters. The van der Waals surface area contributed by atoms with Gasteiger partial charge < -0.3 is 4.74 Å². The van der Waals surface area contributed by atoms with Crippen molar-refractivity contribution in [3.63, 3.8) is 0 Å². The second-order valence-electron chi connectivity index (χ2n) is 3.74. The van der Waals surface area contributed by atoms with Crippen LogP contribution in [0.2, 0.25) is 0 Å². The van der Waals surface area contributed by atoms with Crippen LogP contribution in [0.5, 0.6) is 0 Å². The first-order valence-electron chi connectivity index (χ1n) is 5.54. The van der Waals surface area contributed by atoms with Crippen molar-refractivity contribution in [1.29, 1.82) is 0 Å². The van der Waals surface area contributed by atoms with Crippen molar-refractivity contribution in [2.24, 2.45) is 0 Å². The van der Waals surface area contributed by atoms with Crippen LogP contribution < -0.4 is 0 Å². The largest absolute Gasteiger partial charge is 0.454 e. The Morgan fingerprint density at radius 3 is 2.37 bits per heavy atom. The highest BCUT2D eigenvalue weighted by Gasteiger charge is 2.23. The number of esters is 1. The van der Waals surface area contributed by atoms with Gasteiger partial charge in [-0.1, -0.05) is 30.3 Å². The summed E-state index contributed by atoms with van der Waals surface area (Å²) in [5.74, 6) is -3.17. The number of hydrogen-bond acceptors (Lipinski definition) is 2. The summed E-state index contributed by atoms with van der Waals surface area (Å²) >= 11 is 5.20. The van der Waals surface area contributed by atoms with Crippen molar-refractivity contribution in [3.05, 3.63) is 47.8 Å². The first-order chi connectivity index (χ1) is 9.04. The van der Waals surface area contributed by atoms with Crippen molar-refractivity contribution in [2.75, 3.05) is 5.88 Å². The lowest BCUT2D eigenvalue weighted by Gasteiger charge is -2.15. The zero-order chi connectivity index (χ0) is 14.3. The van der Waals surface area contributed by atoms with E-state index < -0.39 is 29.9 Å². The number of carbonyl (C=O) groups excluding carboxylic acids is 1. The van der Waals surface area contributed by atoms with Gasteiger partial charge in [-0.2, -0.15) is 8.78 Å². The lowest BCUT2D eigenvalue weighted by atomic mass is 10.1. The molecule has 0 heterocycles. The Morgan fingerprint density at radius 1 is 1.21 bits per heavy atom. The Bertz CT molecular complexity index is 444. The van der Waals surface area contributed by atoms with E-state index in [2.05, 4.69) is 4.74 Å². The van der Waals surface area contributed by atoms with Crippen LogP contribution in [0.25, 0.3) is 0 Å². The van der Waals surface area contributed by atoms with E-state index >= 15 is 0 Å². The van der Waals surface area contributed by atoms with Gasteiger partial charge in [0, 0.05) is 0 Å². The maximum Gasteiger partial charge on any atom is 0.321 e. The molecule has 0 radical (unpaired) electrons. The molecule has 6 heteroatoms. The molecule has 0 saturated carbocycles. The van der Waals surface area contributed by atoms with Gasteiger partial charge in [-0.25, -0.2) is 4.39 Å². The monoisotopic (exact) mass is 292 g/mol.